The predicted molar refractivity (Wildman–Crippen MR) is 153 cm³/mol. The third-order valence-electron chi connectivity index (χ3n) is 7.79. The van der Waals surface area contributed by atoms with Crippen LogP contribution in [0.1, 0.15) is 88.7 Å². The fourth-order valence-electron chi connectivity index (χ4n) is 5.81. The summed E-state index contributed by atoms with van der Waals surface area (Å²) in [7, 11) is -2.85. The topological polar surface area (TPSA) is 79.5 Å². The van der Waals surface area contributed by atoms with Gasteiger partial charge in [0.25, 0.3) is 0 Å². The van der Waals surface area contributed by atoms with E-state index >= 15 is 0 Å². The number of benzene rings is 2. The zero-order valence-electron chi connectivity index (χ0n) is 22.3. The Morgan fingerprint density at radius 3 is 2.11 bits per heavy atom. The molecule has 0 unspecified atom stereocenters. The van der Waals surface area contributed by atoms with Crippen molar-refractivity contribution in [3.8, 4) is 22.8 Å². The first-order valence-electron chi connectivity index (χ1n) is 14.3. The zero-order chi connectivity index (χ0) is 26.3. The van der Waals surface area contributed by atoms with Crippen LogP contribution in [0.5, 0.6) is 11.5 Å². The summed E-state index contributed by atoms with van der Waals surface area (Å²) < 4.78 is 26.5. The number of aryl methyl sites for hydroxylation is 3. The van der Waals surface area contributed by atoms with Crippen LogP contribution >= 0.6 is 0 Å². The Morgan fingerprint density at radius 1 is 0.757 bits per heavy atom. The van der Waals surface area contributed by atoms with Crippen molar-refractivity contribution in [2.45, 2.75) is 96.9 Å². The number of fused-ring (bicyclic) bond motifs is 5. The molecule has 0 spiro atoms. The van der Waals surface area contributed by atoms with Crippen LogP contribution in [0.2, 0.25) is 0 Å². The van der Waals surface area contributed by atoms with Crippen LogP contribution in [-0.4, -0.2) is 34.7 Å². The summed E-state index contributed by atoms with van der Waals surface area (Å²) in [4.78, 5) is 0. The molecule has 2 N–H and O–H groups in total. The minimum absolute atomic E-state index is 0.304. The molecule has 2 aromatic carbocycles. The van der Waals surface area contributed by atoms with Crippen LogP contribution in [0.15, 0.2) is 36.4 Å². The maximum Gasteiger partial charge on any atom is 0.150 e. The highest BCUT2D eigenvalue weighted by Gasteiger charge is 2.24. The minimum atomic E-state index is -2.85. The summed E-state index contributed by atoms with van der Waals surface area (Å²) in [5.74, 6) is 1.33. The van der Waals surface area contributed by atoms with E-state index in [1.807, 2.05) is 24.3 Å². The van der Waals surface area contributed by atoms with Crippen molar-refractivity contribution in [3.05, 3.63) is 47.5 Å². The molecule has 0 saturated heterocycles. The van der Waals surface area contributed by atoms with E-state index in [2.05, 4.69) is 11.5 Å². The first kappa shape index (κ1) is 27.6. The Labute approximate surface area is 222 Å². The van der Waals surface area contributed by atoms with E-state index in [1.165, 1.54) is 53.6 Å². The molecule has 1 aromatic heterocycles. The van der Waals surface area contributed by atoms with Gasteiger partial charge in [-0.05, 0) is 79.6 Å². The highest BCUT2D eigenvalue weighted by molar-refractivity contribution is 7.91. The maximum absolute atomic E-state index is 12.1. The van der Waals surface area contributed by atoms with Crippen molar-refractivity contribution in [1.29, 1.82) is 0 Å². The number of hydrogen-bond donors (Lipinski definition) is 2. The Balaban J connectivity index is 1.25. The molecule has 4 rings (SSSR count). The molecule has 202 valence electrons. The molecule has 37 heavy (non-hydrogen) atoms. The van der Waals surface area contributed by atoms with Gasteiger partial charge in [-0.1, -0.05) is 58.3 Å². The molecule has 0 radical (unpaired) electrons. The second kappa shape index (κ2) is 12.9. The summed E-state index contributed by atoms with van der Waals surface area (Å²) in [6.45, 7) is 3.04. The first-order chi connectivity index (χ1) is 17.9. The Morgan fingerprint density at radius 2 is 1.38 bits per heavy atom. The molecule has 1 aliphatic carbocycles. The number of unbranched alkanes of at least 4 members (excludes halogenated alkanes) is 9. The Bertz CT molecular complexity index is 1290. The van der Waals surface area contributed by atoms with Gasteiger partial charge in [0.05, 0.1) is 17.2 Å². The van der Waals surface area contributed by atoms with Gasteiger partial charge in [0.15, 0.2) is 0 Å². The minimum Gasteiger partial charge on any atom is -0.508 e. The van der Waals surface area contributed by atoms with Crippen molar-refractivity contribution < 1.29 is 18.6 Å². The van der Waals surface area contributed by atoms with E-state index in [0.29, 0.717) is 23.0 Å². The highest BCUT2D eigenvalue weighted by atomic mass is 32.2. The van der Waals surface area contributed by atoms with Gasteiger partial charge in [-0.3, -0.25) is 0 Å². The summed E-state index contributed by atoms with van der Waals surface area (Å²) in [6.07, 6.45) is 13.4. The molecule has 5 nitrogen and oxygen atoms in total. The van der Waals surface area contributed by atoms with Gasteiger partial charge < -0.3 is 14.8 Å². The van der Waals surface area contributed by atoms with Crippen LogP contribution in [0.4, 0.5) is 0 Å². The SMILES string of the molecule is CCCCCS(=O)(=O)CCCCCCCCCCn1c2c(c3cc(O)ccc31)CCc1cc(O)ccc1-2. The van der Waals surface area contributed by atoms with Gasteiger partial charge >= 0.3 is 0 Å². The van der Waals surface area contributed by atoms with E-state index in [0.717, 1.165) is 69.7 Å². The van der Waals surface area contributed by atoms with Crippen molar-refractivity contribution in [2.24, 2.45) is 0 Å². The van der Waals surface area contributed by atoms with Crippen LogP contribution < -0.4 is 0 Å². The zero-order valence-corrected chi connectivity index (χ0v) is 23.2. The predicted octanol–water partition coefficient (Wildman–Crippen LogP) is 7.54. The van der Waals surface area contributed by atoms with Crippen LogP contribution in [0, 0.1) is 0 Å². The summed E-state index contributed by atoms with van der Waals surface area (Å²) in [5.41, 5.74) is 6.10. The van der Waals surface area contributed by atoms with E-state index in [1.54, 1.807) is 12.1 Å². The summed E-state index contributed by atoms with van der Waals surface area (Å²) >= 11 is 0. The molecule has 0 atom stereocenters. The van der Waals surface area contributed by atoms with Gasteiger partial charge in [-0.15, -0.1) is 0 Å². The van der Waals surface area contributed by atoms with E-state index in [-0.39, 0.29) is 0 Å². The van der Waals surface area contributed by atoms with Gasteiger partial charge in [-0.25, -0.2) is 8.42 Å². The van der Waals surface area contributed by atoms with E-state index in [4.69, 9.17) is 0 Å². The average Bonchev–Trinajstić information content (AvgIpc) is 3.18. The van der Waals surface area contributed by atoms with Crippen LogP contribution in [0.3, 0.4) is 0 Å². The normalized spacial score (nSPS) is 13.1. The molecule has 1 heterocycles. The lowest BCUT2D eigenvalue weighted by atomic mass is 9.88. The van der Waals surface area contributed by atoms with E-state index in [9.17, 15) is 18.6 Å². The average molecular weight is 526 g/mol. The number of aromatic hydroxyl groups is 2. The molecule has 3 aromatic rings. The largest absolute Gasteiger partial charge is 0.508 e. The fraction of sp³-hybridized carbons (Fsp3) is 0.548. The lowest BCUT2D eigenvalue weighted by molar-refractivity contribution is 0.474. The number of phenols is 2. The smallest absolute Gasteiger partial charge is 0.150 e. The molecule has 0 bridgehead atoms. The number of hydrogen-bond acceptors (Lipinski definition) is 4. The third-order valence-corrected chi connectivity index (χ3v) is 9.61. The number of sulfone groups is 1. The van der Waals surface area contributed by atoms with Crippen molar-refractivity contribution in [1.82, 2.24) is 4.57 Å². The summed E-state index contributed by atoms with van der Waals surface area (Å²) in [6, 6.07) is 11.4. The molecule has 6 heteroatoms. The summed E-state index contributed by atoms with van der Waals surface area (Å²) in [5, 5.41) is 21.3. The van der Waals surface area contributed by atoms with Gasteiger partial charge in [0.1, 0.15) is 21.3 Å². The lowest BCUT2D eigenvalue weighted by Gasteiger charge is -2.20. The highest BCUT2D eigenvalue weighted by Crippen LogP contribution is 2.42. The monoisotopic (exact) mass is 525 g/mol. The standard InChI is InChI=1S/C31H43NO4S/c1-2-3-11-20-37(35,36)21-12-9-7-5-4-6-8-10-19-32-30-18-15-26(34)23-29(30)28-16-13-24-22-25(33)14-17-27(24)31(28)32/h14-15,17-18,22-23,33-34H,2-13,16,19-21H2,1H3. The first-order valence-corrected chi connectivity index (χ1v) is 16.1. The second-order valence-corrected chi connectivity index (χ2v) is 13.0. The number of nitrogens with zero attached hydrogens (tertiary/aromatic N) is 1. The van der Waals surface area contributed by atoms with Crippen molar-refractivity contribution >= 4 is 20.7 Å². The Hall–Kier alpha value is -2.47. The molecule has 0 fully saturated rings. The van der Waals surface area contributed by atoms with Crippen LogP contribution in [-0.2, 0) is 29.2 Å². The van der Waals surface area contributed by atoms with Gasteiger partial charge in [0, 0.05) is 23.0 Å². The van der Waals surface area contributed by atoms with Gasteiger partial charge in [0.2, 0.25) is 0 Å². The fourth-order valence-corrected chi connectivity index (χ4v) is 7.30. The molecule has 0 aliphatic heterocycles. The molecular formula is C31H43NO4S. The Kier molecular flexibility index (Phi) is 9.58. The number of rotatable bonds is 15. The third kappa shape index (κ3) is 7.10. The van der Waals surface area contributed by atoms with Crippen molar-refractivity contribution in [2.75, 3.05) is 11.5 Å². The quantitative estimate of drug-likeness (QED) is 0.201. The molecule has 1 aliphatic rings. The lowest BCUT2D eigenvalue weighted by Crippen LogP contribution is -2.11. The van der Waals surface area contributed by atoms with Crippen molar-refractivity contribution in [3.63, 3.8) is 0 Å². The molecule has 0 saturated carbocycles. The second-order valence-electron chi connectivity index (χ2n) is 10.7. The van der Waals surface area contributed by atoms with Gasteiger partial charge in [-0.2, -0.15) is 0 Å². The molecular weight excluding hydrogens is 482 g/mol. The molecule has 0 amide bonds. The number of phenolic OH excluding ortho intramolecular Hbond substituents is 2. The van der Waals surface area contributed by atoms with Crippen LogP contribution in [0.25, 0.3) is 22.2 Å². The number of aromatic nitrogens is 1. The maximum atomic E-state index is 12.1. The van der Waals surface area contributed by atoms with E-state index < -0.39 is 9.84 Å².